The maximum atomic E-state index is 11.9. The summed E-state index contributed by atoms with van der Waals surface area (Å²) in [5.74, 6) is 6.30. The fraction of sp³-hybridized carbons (Fsp3) is 0.471. The Labute approximate surface area is 150 Å². The third-order valence-electron chi connectivity index (χ3n) is 4.73. The zero-order chi connectivity index (χ0) is 18.5. The Kier molecular flexibility index (Phi) is 5.69. The second-order valence-corrected chi connectivity index (χ2v) is 6.43. The Bertz CT molecular complexity index is 816. The van der Waals surface area contributed by atoms with Crippen LogP contribution in [-0.2, 0) is 4.79 Å². The molecule has 1 heterocycles. The molecule has 0 aliphatic heterocycles. The summed E-state index contributed by atoms with van der Waals surface area (Å²) in [6.07, 6.45) is 5.22. The lowest BCUT2D eigenvalue weighted by Crippen LogP contribution is -2.47. The largest absolute Gasteiger partial charge is 0.504 e. The van der Waals surface area contributed by atoms with Gasteiger partial charge in [-0.15, -0.1) is 0 Å². The fourth-order valence-electron chi connectivity index (χ4n) is 3.29. The van der Waals surface area contributed by atoms with Gasteiger partial charge in [0.15, 0.2) is 11.5 Å². The van der Waals surface area contributed by atoms with Gasteiger partial charge in [-0.1, -0.05) is 0 Å². The van der Waals surface area contributed by atoms with Crippen molar-refractivity contribution in [3.8, 4) is 11.5 Å². The summed E-state index contributed by atoms with van der Waals surface area (Å²) in [5, 5.41) is 14.9. The highest BCUT2D eigenvalue weighted by Gasteiger charge is 2.26. The predicted octanol–water partition coefficient (Wildman–Crippen LogP) is 0.240. The summed E-state index contributed by atoms with van der Waals surface area (Å²) in [6.45, 7) is 1.11. The Balaban J connectivity index is 1.60. The van der Waals surface area contributed by atoms with E-state index >= 15 is 0 Å². The van der Waals surface area contributed by atoms with Crippen molar-refractivity contribution < 1.29 is 14.6 Å². The van der Waals surface area contributed by atoms with Crippen molar-refractivity contribution in [1.29, 1.82) is 0 Å². The molecule has 1 aromatic carbocycles. The number of hydrogen-bond donors (Lipinski definition) is 4. The number of hydrogen-bond acceptors (Lipinski definition) is 7. The number of nitrogens with one attached hydrogen (secondary N) is 2. The van der Waals surface area contributed by atoms with E-state index in [9.17, 15) is 14.7 Å². The van der Waals surface area contributed by atoms with Crippen molar-refractivity contribution in [3.05, 3.63) is 28.8 Å². The van der Waals surface area contributed by atoms with E-state index < -0.39 is 0 Å². The molecule has 1 saturated carbocycles. The Morgan fingerprint density at radius 3 is 2.88 bits per heavy atom. The normalized spacial score (nSPS) is 20.2. The van der Waals surface area contributed by atoms with Crippen LogP contribution in [0.4, 0.5) is 0 Å². The number of benzene rings is 1. The van der Waals surface area contributed by atoms with Gasteiger partial charge < -0.3 is 20.1 Å². The van der Waals surface area contributed by atoms with Gasteiger partial charge in [0.2, 0.25) is 6.41 Å². The number of aromatic hydroxyl groups is 1. The second-order valence-electron chi connectivity index (χ2n) is 6.43. The summed E-state index contributed by atoms with van der Waals surface area (Å²) in [7, 11) is 0. The van der Waals surface area contributed by atoms with Crippen LogP contribution in [0.5, 0.6) is 11.5 Å². The molecule has 2 aromatic rings. The molecule has 26 heavy (non-hydrogen) atoms. The van der Waals surface area contributed by atoms with Gasteiger partial charge >= 0.3 is 0 Å². The van der Waals surface area contributed by atoms with E-state index in [1.54, 1.807) is 5.01 Å². The van der Waals surface area contributed by atoms with Crippen LogP contribution >= 0.6 is 0 Å². The number of nitrogens with two attached hydrogens (primary N) is 1. The molecule has 9 nitrogen and oxygen atoms in total. The molecule has 1 amide bonds. The smallest absolute Gasteiger partial charge is 0.258 e. The summed E-state index contributed by atoms with van der Waals surface area (Å²) < 4.78 is 5.93. The van der Waals surface area contributed by atoms with Crippen LogP contribution in [-0.4, -0.2) is 51.7 Å². The fourth-order valence-corrected chi connectivity index (χ4v) is 3.29. The van der Waals surface area contributed by atoms with Gasteiger partial charge in [0.25, 0.3) is 5.56 Å². The van der Waals surface area contributed by atoms with Crippen LogP contribution in [0.2, 0.25) is 0 Å². The monoisotopic (exact) mass is 361 g/mol. The number of fused-ring (bicyclic) bond motifs is 1. The number of phenols is 1. The first-order chi connectivity index (χ1) is 12.6. The minimum Gasteiger partial charge on any atom is -0.504 e. The number of rotatable bonds is 7. The molecule has 1 aromatic heterocycles. The van der Waals surface area contributed by atoms with Gasteiger partial charge in [-0.3, -0.25) is 15.4 Å². The summed E-state index contributed by atoms with van der Waals surface area (Å²) in [5.41, 5.74) is 0.149. The first kappa shape index (κ1) is 18.2. The van der Waals surface area contributed by atoms with Crippen molar-refractivity contribution in [3.63, 3.8) is 0 Å². The number of ether oxygens (including phenoxy) is 1. The number of carbonyl (C=O) groups is 1. The predicted molar refractivity (Wildman–Crippen MR) is 95.7 cm³/mol. The highest BCUT2D eigenvalue weighted by Crippen LogP contribution is 2.33. The van der Waals surface area contributed by atoms with Gasteiger partial charge in [0.1, 0.15) is 0 Å². The van der Waals surface area contributed by atoms with Gasteiger partial charge in [0, 0.05) is 25.2 Å². The van der Waals surface area contributed by atoms with E-state index in [4.69, 9.17) is 10.6 Å². The van der Waals surface area contributed by atoms with Gasteiger partial charge in [-0.05, 0) is 31.7 Å². The summed E-state index contributed by atoms with van der Waals surface area (Å²) in [4.78, 5) is 28.7. The Morgan fingerprint density at radius 1 is 1.38 bits per heavy atom. The van der Waals surface area contributed by atoms with Gasteiger partial charge in [-0.2, -0.15) is 0 Å². The molecule has 0 saturated heterocycles. The maximum absolute atomic E-state index is 11.9. The van der Waals surface area contributed by atoms with E-state index in [0.717, 1.165) is 25.7 Å². The number of aromatic amines is 1. The lowest BCUT2D eigenvalue weighted by Gasteiger charge is -2.34. The van der Waals surface area contributed by atoms with E-state index in [2.05, 4.69) is 15.3 Å². The standard InChI is InChI=1S/C17H23N5O4/c18-22(6-5-19-10-23)11-1-3-12(4-2-11)26-16-7-13-14(8-15(16)24)20-9-21-17(13)25/h7-12,24H,1-6,18H2,(H,19,23)(H,20,21,25). The first-order valence-electron chi connectivity index (χ1n) is 8.64. The number of amides is 1. The third-order valence-corrected chi connectivity index (χ3v) is 4.73. The zero-order valence-electron chi connectivity index (χ0n) is 14.4. The van der Waals surface area contributed by atoms with E-state index in [1.807, 2.05) is 0 Å². The van der Waals surface area contributed by atoms with Gasteiger partial charge in [0.05, 0.1) is 23.3 Å². The van der Waals surface area contributed by atoms with Crippen LogP contribution in [0.25, 0.3) is 10.9 Å². The molecule has 1 aliphatic rings. The Hall–Kier alpha value is -2.65. The number of H-pyrrole nitrogens is 1. The van der Waals surface area contributed by atoms with Crippen LogP contribution in [0, 0.1) is 0 Å². The minimum absolute atomic E-state index is 0.0295. The molecule has 0 unspecified atom stereocenters. The average Bonchev–Trinajstić information content (AvgIpc) is 2.64. The summed E-state index contributed by atoms with van der Waals surface area (Å²) >= 11 is 0. The highest BCUT2D eigenvalue weighted by atomic mass is 16.5. The average molecular weight is 361 g/mol. The molecular weight excluding hydrogens is 338 g/mol. The topological polar surface area (TPSA) is 134 Å². The molecule has 1 aliphatic carbocycles. The van der Waals surface area contributed by atoms with Crippen LogP contribution < -0.4 is 21.5 Å². The van der Waals surface area contributed by atoms with Crippen molar-refractivity contribution in [2.24, 2.45) is 5.84 Å². The lowest BCUT2D eigenvalue weighted by atomic mass is 9.92. The van der Waals surface area contributed by atoms with Crippen molar-refractivity contribution in [1.82, 2.24) is 20.3 Å². The molecule has 140 valence electrons. The first-order valence-corrected chi connectivity index (χ1v) is 8.64. The number of carbonyl (C=O) groups excluding carboxylic acids is 1. The van der Waals surface area contributed by atoms with E-state index in [0.29, 0.717) is 36.2 Å². The van der Waals surface area contributed by atoms with E-state index in [-0.39, 0.29) is 23.5 Å². The van der Waals surface area contributed by atoms with Crippen molar-refractivity contribution in [2.45, 2.75) is 37.8 Å². The summed E-state index contributed by atoms with van der Waals surface area (Å²) in [6, 6.07) is 3.20. The molecule has 0 radical (unpaired) electrons. The molecule has 5 N–H and O–H groups in total. The third kappa shape index (κ3) is 4.12. The molecule has 3 rings (SSSR count). The van der Waals surface area contributed by atoms with Crippen molar-refractivity contribution in [2.75, 3.05) is 13.1 Å². The molecule has 0 bridgehead atoms. The highest BCUT2D eigenvalue weighted by molar-refractivity contribution is 5.81. The molecular formula is C17H23N5O4. The number of phenolic OH excluding ortho intramolecular Hbond substituents is 1. The SMILES string of the molecule is NN(CCNC=O)C1CCC(Oc2cc3c(=O)[nH]cnc3cc2O)CC1. The lowest BCUT2D eigenvalue weighted by molar-refractivity contribution is -0.109. The number of hydrazine groups is 1. The minimum atomic E-state index is -0.272. The quantitative estimate of drug-likeness (QED) is 0.240. The molecule has 9 heteroatoms. The molecule has 0 spiro atoms. The van der Waals surface area contributed by atoms with Gasteiger partial charge in [-0.25, -0.2) is 9.99 Å². The number of nitrogens with zero attached hydrogens (tertiary/aromatic N) is 2. The second kappa shape index (κ2) is 8.15. The number of aromatic nitrogens is 2. The van der Waals surface area contributed by atoms with Crippen LogP contribution in [0.1, 0.15) is 25.7 Å². The molecule has 0 atom stereocenters. The van der Waals surface area contributed by atoms with Crippen LogP contribution in [0.15, 0.2) is 23.3 Å². The van der Waals surface area contributed by atoms with Crippen LogP contribution in [0.3, 0.4) is 0 Å². The van der Waals surface area contributed by atoms with E-state index in [1.165, 1.54) is 18.5 Å². The zero-order valence-corrected chi connectivity index (χ0v) is 14.4. The Morgan fingerprint density at radius 2 is 2.15 bits per heavy atom. The van der Waals surface area contributed by atoms with Crippen molar-refractivity contribution >= 4 is 17.3 Å². The maximum Gasteiger partial charge on any atom is 0.258 e. The molecule has 1 fully saturated rings.